The van der Waals surface area contributed by atoms with Crippen LogP contribution in [0.2, 0.25) is 0 Å². The highest BCUT2D eigenvalue weighted by molar-refractivity contribution is 5.67. The van der Waals surface area contributed by atoms with Gasteiger partial charge in [-0.3, -0.25) is 0 Å². The average Bonchev–Trinajstić information content (AvgIpc) is 2.25. The molecule has 1 rings (SSSR count). The standard InChI is InChI=1S/C14H16FNO2/c1-5-10-6-7-11(12(15)8-10)9-16-13(17)18-14(2,3)4/h1,6-8H,9H2,2-4H3,(H,16,17). The minimum absolute atomic E-state index is 0.0611. The fraction of sp³-hybridized carbons (Fsp3) is 0.357. The van der Waals surface area contributed by atoms with Gasteiger partial charge in [0, 0.05) is 17.7 Å². The Labute approximate surface area is 106 Å². The van der Waals surface area contributed by atoms with Gasteiger partial charge < -0.3 is 10.1 Å². The first-order chi connectivity index (χ1) is 8.31. The summed E-state index contributed by atoms with van der Waals surface area (Å²) in [4.78, 5) is 11.4. The SMILES string of the molecule is C#Cc1ccc(CNC(=O)OC(C)(C)C)c(F)c1. The third kappa shape index (κ3) is 4.46. The molecule has 0 aromatic heterocycles. The number of carbonyl (C=O) groups is 1. The molecule has 1 N–H and O–H groups in total. The van der Waals surface area contributed by atoms with Crippen molar-refractivity contribution < 1.29 is 13.9 Å². The van der Waals surface area contributed by atoms with Crippen LogP contribution < -0.4 is 5.32 Å². The number of halogens is 1. The molecule has 0 aliphatic rings. The van der Waals surface area contributed by atoms with Crippen molar-refractivity contribution in [2.24, 2.45) is 0 Å². The average molecular weight is 249 g/mol. The van der Waals surface area contributed by atoms with E-state index in [-0.39, 0.29) is 6.54 Å². The summed E-state index contributed by atoms with van der Waals surface area (Å²) in [5.74, 6) is 1.90. The van der Waals surface area contributed by atoms with Crippen molar-refractivity contribution in [2.75, 3.05) is 0 Å². The number of amides is 1. The smallest absolute Gasteiger partial charge is 0.407 e. The van der Waals surface area contributed by atoms with Crippen LogP contribution in [0.4, 0.5) is 9.18 Å². The maximum Gasteiger partial charge on any atom is 0.407 e. The Morgan fingerprint density at radius 3 is 2.67 bits per heavy atom. The summed E-state index contributed by atoms with van der Waals surface area (Å²) in [6, 6.07) is 4.42. The molecule has 0 spiro atoms. The quantitative estimate of drug-likeness (QED) is 0.818. The van der Waals surface area contributed by atoms with Gasteiger partial charge in [-0.2, -0.15) is 0 Å². The topological polar surface area (TPSA) is 38.3 Å². The molecule has 1 aromatic carbocycles. The van der Waals surface area contributed by atoms with E-state index in [0.717, 1.165) is 0 Å². The fourth-order valence-corrected chi connectivity index (χ4v) is 1.26. The molecular weight excluding hydrogens is 233 g/mol. The third-order valence-corrected chi connectivity index (χ3v) is 2.04. The second-order valence-corrected chi connectivity index (χ2v) is 4.81. The van der Waals surface area contributed by atoms with Crippen molar-refractivity contribution in [1.29, 1.82) is 0 Å². The molecule has 1 aromatic rings. The first-order valence-electron chi connectivity index (χ1n) is 5.54. The molecule has 3 nitrogen and oxygen atoms in total. The summed E-state index contributed by atoms with van der Waals surface area (Å²) >= 11 is 0. The zero-order chi connectivity index (χ0) is 13.8. The molecular formula is C14H16FNO2. The Hall–Kier alpha value is -2.02. The monoisotopic (exact) mass is 249 g/mol. The Morgan fingerprint density at radius 2 is 2.17 bits per heavy atom. The minimum atomic E-state index is -0.581. The van der Waals surface area contributed by atoms with Crippen LogP contribution in [-0.4, -0.2) is 11.7 Å². The van der Waals surface area contributed by atoms with Gasteiger partial charge in [-0.05, 0) is 32.9 Å². The molecule has 0 unspecified atom stereocenters. The summed E-state index contributed by atoms with van der Waals surface area (Å²) in [5.41, 5.74) is 0.254. The molecule has 0 atom stereocenters. The van der Waals surface area contributed by atoms with Crippen LogP contribution in [0.25, 0.3) is 0 Å². The van der Waals surface area contributed by atoms with Crippen LogP contribution in [0, 0.1) is 18.2 Å². The summed E-state index contributed by atoms with van der Waals surface area (Å²) in [5, 5.41) is 2.48. The zero-order valence-electron chi connectivity index (χ0n) is 10.7. The van der Waals surface area contributed by atoms with E-state index in [1.807, 2.05) is 0 Å². The van der Waals surface area contributed by atoms with Gasteiger partial charge in [0.05, 0.1) is 0 Å². The summed E-state index contributed by atoms with van der Waals surface area (Å²) in [6.45, 7) is 5.34. The lowest BCUT2D eigenvalue weighted by atomic mass is 10.1. The van der Waals surface area contributed by atoms with Gasteiger partial charge in [-0.15, -0.1) is 6.42 Å². The summed E-state index contributed by atoms with van der Waals surface area (Å²) in [6.07, 6.45) is 4.57. The van der Waals surface area contributed by atoms with Gasteiger partial charge in [0.1, 0.15) is 11.4 Å². The Morgan fingerprint density at radius 1 is 1.50 bits per heavy atom. The number of carbonyl (C=O) groups excluding carboxylic acids is 1. The lowest BCUT2D eigenvalue weighted by Crippen LogP contribution is -2.32. The number of rotatable bonds is 2. The number of alkyl carbamates (subject to hydrolysis) is 1. The van der Waals surface area contributed by atoms with Gasteiger partial charge in [0.2, 0.25) is 0 Å². The molecule has 0 radical (unpaired) electrons. The maximum absolute atomic E-state index is 13.5. The molecule has 0 aliphatic heterocycles. The first kappa shape index (κ1) is 14.0. The van der Waals surface area contributed by atoms with Crippen molar-refractivity contribution in [3.8, 4) is 12.3 Å². The number of benzene rings is 1. The molecule has 0 heterocycles. The molecule has 0 saturated heterocycles. The largest absolute Gasteiger partial charge is 0.444 e. The number of hydrogen-bond donors (Lipinski definition) is 1. The number of nitrogens with one attached hydrogen (secondary N) is 1. The molecule has 4 heteroatoms. The highest BCUT2D eigenvalue weighted by atomic mass is 19.1. The molecule has 0 saturated carbocycles. The number of ether oxygens (including phenoxy) is 1. The zero-order valence-corrected chi connectivity index (χ0v) is 10.7. The van der Waals surface area contributed by atoms with Crippen molar-refractivity contribution in [3.63, 3.8) is 0 Å². The Kier molecular flexibility index (Phi) is 4.33. The predicted octanol–water partition coefficient (Wildman–Crippen LogP) is 2.83. The van der Waals surface area contributed by atoms with Gasteiger partial charge in [-0.1, -0.05) is 12.0 Å². The molecule has 0 fully saturated rings. The van der Waals surface area contributed by atoms with Gasteiger partial charge in [0.15, 0.2) is 0 Å². The minimum Gasteiger partial charge on any atom is -0.444 e. The second-order valence-electron chi connectivity index (χ2n) is 4.81. The summed E-state index contributed by atoms with van der Waals surface area (Å²) in [7, 11) is 0. The van der Waals surface area contributed by atoms with Crippen LogP contribution in [0.15, 0.2) is 18.2 Å². The van der Waals surface area contributed by atoms with E-state index in [0.29, 0.717) is 11.1 Å². The lowest BCUT2D eigenvalue weighted by Gasteiger charge is -2.19. The molecule has 1 amide bonds. The van der Waals surface area contributed by atoms with E-state index in [4.69, 9.17) is 11.2 Å². The van der Waals surface area contributed by atoms with Crippen LogP contribution >= 0.6 is 0 Å². The highest BCUT2D eigenvalue weighted by Crippen LogP contribution is 2.11. The van der Waals surface area contributed by atoms with Crippen molar-refractivity contribution in [3.05, 3.63) is 35.1 Å². The highest BCUT2D eigenvalue weighted by Gasteiger charge is 2.16. The Bertz CT molecular complexity index is 484. The van der Waals surface area contributed by atoms with Crippen LogP contribution in [-0.2, 0) is 11.3 Å². The van der Waals surface area contributed by atoms with E-state index >= 15 is 0 Å². The summed E-state index contributed by atoms with van der Waals surface area (Å²) < 4.78 is 18.6. The predicted molar refractivity (Wildman–Crippen MR) is 67.4 cm³/mol. The third-order valence-electron chi connectivity index (χ3n) is 2.04. The van der Waals surface area contributed by atoms with Gasteiger partial charge in [-0.25, -0.2) is 9.18 Å². The van der Waals surface area contributed by atoms with Crippen LogP contribution in [0.1, 0.15) is 31.9 Å². The Balaban J connectivity index is 2.59. The van der Waals surface area contributed by atoms with Crippen LogP contribution in [0.3, 0.4) is 0 Å². The van der Waals surface area contributed by atoms with E-state index in [1.165, 1.54) is 6.07 Å². The van der Waals surface area contributed by atoms with Crippen molar-refractivity contribution in [2.45, 2.75) is 32.9 Å². The van der Waals surface area contributed by atoms with E-state index in [2.05, 4.69) is 11.2 Å². The molecule has 96 valence electrons. The molecule has 18 heavy (non-hydrogen) atoms. The van der Waals surface area contributed by atoms with Crippen LogP contribution in [0.5, 0.6) is 0 Å². The molecule has 0 aliphatic carbocycles. The van der Waals surface area contributed by atoms with Gasteiger partial charge >= 0.3 is 6.09 Å². The van der Waals surface area contributed by atoms with E-state index in [1.54, 1.807) is 32.9 Å². The number of terminal acetylenes is 1. The van der Waals surface area contributed by atoms with Crippen molar-refractivity contribution >= 4 is 6.09 Å². The maximum atomic E-state index is 13.5. The lowest BCUT2D eigenvalue weighted by molar-refractivity contribution is 0.0523. The number of hydrogen-bond acceptors (Lipinski definition) is 2. The molecule has 0 bridgehead atoms. The van der Waals surface area contributed by atoms with Crippen molar-refractivity contribution in [1.82, 2.24) is 5.32 Å². The fourth-order valence-electron chi connectivity index (χ4n) is 1.26. The van der Waals surface area contributed by atoms with E-state index < -0.39 is 17.5 Å². The van der Waals surface area contributed by atoms with Gasteiger partial charge in [0.25, 0.3) is 0 Å². The second kappa shape index (κ2) is 5.54. The van der Waals surface area contributed by atoms with E-state index in [9.17, 15) is 9.18 Å². The normalized spacial score (nSPS) is 10.6. The first-order valence-corrected chi connectivity index (χ1v) is 5.54.